The van der Waals surface area contributed by atoms with Crippen LogP contribution in [0.4, 0.5) is 10.5 Å². The lowest BCUT2D eigenvalue weighted by Gasteiger charge is -2.37. The zero-order chi connectivity index (χ0) is 19.9. The summed E-state index contributed by atoms with van der Waals surface area (Å²) in [4.78, 5) is 16.6. The van der Waals surface area contributed by atoms with E-state index in [1.54, 1.807) is 7.11 Å². The summed E-state index contributed by atoms with van der Waals surface area (Å²) in [6.45, 7) is 8.34. The van der Waals surface area contributed by atoms with Gasteiger partial charge in [-0.1, -0.05) is 12.1 Å². The Kier molecular flexibility index (Phi) is 6.63. The van der Waals surface area contributed by atoms with Crippen molar-refractivity contribution in [2.75, 3.05) is 51.3 Å². The van der Waals surface area contributed by atoms with E-state index in [9.17, 15) is 4.79 Å². The van der Waals surface area contributed by atoms with Crippen molar-refractivity contribution < 1.29 is 14.3 Å². The molecule has 3 rings (SSSR count). The minimum absolute atomic E-state index is 0.0288. The number of amides is 2. The van der Waals surface area contributed by atoms with Crippen molar-refractivity contribution in [2.24, 2.45) is 0 Å². The van der Waals surface area contributed by atoms with Gasteiger partial charge < -0.3 is 24.6 Å². The molecule has 0 radical (unpaired) electrons. The average molecular weight is 383 g/mol. The van der Waals surface area contributed by atoms with E-state index in [2.05, 4.69) is 42.3 Å². The third-order valence-corrected chi connectivity index (χ3v) is 5.19. The van der Waals surface area contributed by atoms with Crippen LogP contribution >= 0.6 is 0 Å². The van der Waals surface area contributed by atoms with Crippen molar-refractivity contribution in [3.63, 3.8) is 0 Å². The molecule has 1 fully saturated rings. The molecular weight excluding hydrogens is 354 g/mol. The van der Waals surface area contributed by atoms with Crippen molar-refractivity contribution in [2.45, 2.75) is 13.8 Å². The lowest BCUT2D eigenvalue weighted by molar-refractivity contribution is 0.191. The van der Waals surface area contributed by atoms with Crippen LogP contribution in [0.5, 0.6) is 11.5 Å². The van der Waals surface area contributed by atoms with Crippen LogP contribution in [0.1, 0.15) is 11.1 Å². The molecule has 0 atom stereocenters. The van der Waals surface area contributed by atoms with Gasteiger partial charge >= 0.3 is 6.03 Å². The highest BCUT2D eigenvalue weighted by atomic mass is 16.5. The standard InChI is InChI=1S/C22H29N3O3/c1-17-5-4-6-21(18(17)2)24-12-14-25(15-13-24)22(26)23-11-16-28-20-9-7-19(27-3)8-10-20/h4-10H,11-16H2,1-3H3,(H,23,26). The van der Waals surface area contributed by atoms with E-state index in [4.69, 9.17) is 9.47 Å². The number of benzene rings is 2. The van der Waals surface area contributed by atoms with Crippen LogP contribution in [-0.4, -0.2) is 57.4 Å². The molecule has 1 N–H and O–H groups in total. The second-order valence-electron chi connectivity index (χ2n) is 6.95. The maximum absolute atomic E-state index is 12.4. The van der Waals surface area contributed by atoms with E-state index in [1.165, 1.54) is 16.8 Å². The number of methoxy groups -OCH3 is 1. The number of ether oxygens (including phenoxy) is 2. The number of carbonyl (C=O) groups excluding carboxylic acids is 1. The maximum Gasteiger partial charge on any atom is 0.317 e. The minimum Gasteiger partial charge on any atom is -0.497 e. The van der Waals surface area contributed by atoms with Gasteiger partial charge in [-0.05, 0) is 55.3 Å². The molecule has 0 saturated carbocycles. The average Bonchev–Trinajstić information content (AvgIpc) is 2.73. The van der Waals surface area contributed by atoms with Gasteiger partial charge in [-0.25, -0.2) is 4.79 Å². The number of anilines is 1. The van der Waals surface area contributed by atoms with Crippen LogP contribution in [0.3, 0.4) is 0 Å². The first kappa shape index (κ1) is 19.9. The Morgan fingerprint density at radius 2 is 1.68 bits per heavy atom. The first-order valence-corrected chi connectivity index (χ1v) is 9.69. The number of hydrogen-bond acceptors (Lipinski definition) is 4. The molecule has 0 aliphatic carbocycles. The molecule has 1 aliphatic heterocycles. The van der Waals surface area contributed by atoms with Crippen molar-refractivity contribution in [3.8, 4) is 11.5 Å². The molecule has 0 spiro atoms. The van der Waals surface area contributed by atoms with Crippen molar-refractivity contribution in [3.05, 3.63) is 53.6 Å². The van der Waals surface area contributed by atoms with E-state index in [0.717, 1.165) is 37.7 Å². The van der Waals surface area contributed by atoms with Crippen molar-refractivity contribution in [1.82, 2.24) is 10.2 Å². The zero-order valence-corrected chi connectivity index (χ0v) is 16.9. The van der Waals surface area contributed by atoms with Gasteiger partial charge in [-0.2, -0.15) is 0 Å². The summed E-state index contributed by atoms with van der Waals surface area (Å²) in [6, 6.07) is 13.8. The predicted molar refractivity (Wildman–Crippen MR) is 112 cm³/mol. The van der Waals surface area contributed by atoms with Crippen LogP contribution in [0, 0.1) is 13.8 Å². The highest BCUT2D eigenvalue weighted by Gasteiger charge is 2.22. The molecule has 0 bridgehead atoms. The largest absolute Gasteiger partial charge is 0.497 e. The summed E-state index contributed by atoms with van der Waals surface area (Å²) < 4.78 is 10.8. The Bertz CT molecular complexity index is 784. The normalized spacial score (nSPS) is 14.0. The second-order valence-corrected chi connectivity index (χ2v) is 6.95. The number of urea groups is 1. The van der Waals surface area contributed by atoms with Crippen molar-refractivity contribution in [1.29, 1.82) is 0 Å². The van der Waals surface area contributed by atoms with E-state index in [1.807, 2.05) is 29.2 Å². The summed E-state index contributed by atoms with van der Waals surface area (Å²) in [5.41, 5.74) is 3.89. The highest BCUT2D eigenvalue weighted by Crippen LogP contribution is 2.23. The van der Waals surface area contributed by atoms with Crippen LogP contribution in [0.2, 0.25) is 0 Å². The number of aryl methyl sites for hydroxylation is 1. The van der Waals surface area contributed by atoms with E-state index in [-0.39, 0.29) is 6.03 Å². The predicted octanol–water partition coefficient (Wildman–Crippen LogP) is 3.22. The van der Waals surface area contributed by atoms with Gasteiger partial charge in [0, 0.05) is 31.9 Å². The first-order chi connectivity index (χ1) is 13.6. The van der Waals surface area contributed by atoms with Crippen LogP contribution in [0.25, 0.3) is 0 Å². The SMILES string of the molecule is COc1ccc(OCCNC(=O)N2CCN(c3cccc(C)c3C)CC2)cc1. The van der Waals surface area contributed by atoms with Crippen LogP contribution in [0.15, 0.2) is 42.5 Å². The zero-order valence-electron chi connectivity index (χ0n) is 16.9. The van der Waals surface area contributed by atoms with Gasteiger partial charge in [-0.3, -0.25) is 0 Å². The number of nitrogens with zero attached hydrogens (tertiary/aromatic N) is 2. The van der Waals surface area contributed by atoms with Gasteiger partial charge in [0.2, 0.25) is 0 Å². The van der Waals surface area contributed by atoms with Crippen LogP contribution < -0.4 is 19.7 Å². The summed E-state index contributed by atoms with van der Waals surface area (Å²) in [5, 5.41) is 2.94. The quantitative estimate of drug-likeness (QED) is 0.778. The Balaban J connectivity index is 1.39. The smallest absolute Gasteiger partial charge is 0.317 e. The fraction of sp³-hybridized carbons (Fsp3) is 0.409. The fourth-order valence-corrected chi connectivity index (χ4v) is 3.34. The van der Waals surface area contributed by atoms with Gasteiger partial charge in [0.25, 0.3) is 0 Å². The molecule has 1 heterocycles. The van der Waals surface area contributed by atoms with Gasteiger partial charge in [0.05, 0.1) is 13.7 Å². The highest BCUT2D eigenvalue weighted by molar-refractivity contribution is 5.74. The van der Waals surface area contributed by atoms with Crippen LogP contribution in [-0.2, 0) is 0 Å². The molecule has 2 aromatic carbocycles. The topological polar surface area (TPSA) is 54.0 Å². The maximum atomic E-state index is 12.4. The number of rotatable bonds is 6. The molecule has 6 heteroatoms. The van der Waals surface area contributed by atoms with Gasteiger partial charge in [0.15, 0.2) is 0 Å². The first-order valence-electron chi connectivity index (χ1n) is 9.69. The molecule has 1 aliphatic rings. The molecule has 2 aromatic rings. The monoisotopic (exact) mass is 383 g/mol. The lowest BCUT2D eigenvalue weighted by Crippen LogP contribution is -2.52. The molecule has 6 nitrogen and oxygen atoms in total. The third-order valence-electron chi connectivity index (χ3n) is 5.19. The molecule has 0 aromatic heterocycles. The number of carbonyl (C=O) groups is 1. The van der Waals surface area contributed by atoms with E-state index < -0.39 is 0 Å². The molecule has 0 unspecified atom stereocenters. The summed E-state index contributed by atoms with van der Waals surface area (Å²) in [6.07, 6.45) is 0. The molecule has 1 saturated heterocycles. The molecule has 28 heavy (non-hydrogen) atoms. The lowest BCUT2D eigenvalue weighted by atomic mass is 10.1. The number of hydrogen-bond donors (Lipinski definition) is 1. The number of nitrogens with one attached hydrogen (secondary N) is 1. The van der Waals surface area contributed by atoms with Crippen molar-refractivity contribution >= 4 is 11.7 Å². The van der Waals surface area contributed by atoms with Gasteiger partial charge in [-0.15, -0.1) is 0 Å². The molecular formula is C22H29N3O3. The summed E-state index contributed by atoms with van der Waals surface area (Å²) >= 11 is 0. The van der Waals surface area contributed by atoms with Gasteiger partial charge in [0.1, 0.15) is 18.1 Å². The third kappa shape index (κ3) is 4.88. The summed E-state index contributed by atoms with van der Waals surface area (Å²) in [7, 11) is 1.63. The minimum atomic E-state index is -0.0288. The molecule has 2 amide bonds. The fourth-order valence-electron chi connectivity index (χ4n) is 3.34. The van der Waals surface area contributed by atoms with E-state index in [0.29, 0.717) is 13.2 Å². The second kappa shape index (κ2) is 9.35. The Hall–Kier alpha value is -2.89. The van der Waals surface area contributed by atoms with E-state index >= 15 is 0 Å². The number of piperazine rings is 1. The Labute approximate surface area is 167 Å². The molecule has 150 valence electrons. The summed E-state index contributed by atoms with van der Waals surface area (Å²) in [5.74, 6) is 1.55. The Morgan fingerprint density at radius 3 is 2.36 bits per heavy atom. The Morgan fingerprint density at radius 1 is 1.00 bits per heavy atom.